The zero-order valence-electron chi connectivity index (χ0n) is 9.21. The van der Waals surface area contributed by atoms with Crippen molar-refractivity contribution in [2.75, 3.05) is 32.7 Å². The first-order chi connectivity index (χ1) is 7.36. The molecule has 0 heterocycles. The molecule has 1 atom stereocenters. The second-order valence-electron chi connectivity index (χ2n) is 3.59. The Kier molecular flexibility index (Phi) is 6.41. The molecule has 0 saturated heterocycles. The number of ether oxygens (including phenoxy) is 1. The van der Waals surface area contributed by atoms with E-state index in [1.54, 1.807) is 7.11 Å². The summed E-state index contributed by atoms with van der Waals surface area (Å²) in [5.41, 5.74) is 1.36. The van der Waals surface area contributed by atoms with Crippen molar-refractivity contribution in [1.82, 2.24) is 0 Å². The van der Waals surface area contributed by atoms with Crippen LogP contribution in [0.25, 0.3) is 0 Å². The van der Waals surface area contributed by atoms with Crippen molar-refractivity contribution in [3.63, 3.8) is 0 Å². The van der Waals surface area contributed by atoms with E-state index < -0.39 is 0 Å². The summed E-state index contributed by atoms with van der Waals surface area (Å²) in [6.07, 6.45) is 0. The fourth-order valence-corrected chi connectivity index (χ4v) is 1.83. The minimum absolute atomic E-state index is 0.700. The molecule has 0 aromatic heterocycles. The molecule has 84 valence electrons. The van der Waals surface area contributed by atoms with Crippen molar-refractivity contribution in [2.45, 2.75) is 6.54 Å². The van der Waals surface area contributed by atoms with Crippen LogP contribution in [0.3, 0.4) is 0 Å². The number of hydrogen-bond acceptors (Lipinski definition) is 1. The Balaban J connectivity index is 2.43. The first kappa shape index (κ1) is 12.5. The third-order valence-corrected chi connectivity index (χ3v) is 2.59. The molecule has 1 N–H and O–H groups in total. The van der Waals surface area contributed by atoms with Gasteiger partial charge in [0, 0.05) is 12.7 Å². The Hall–Kier alpha value is -0.570. The number of alkyl halides is 1. The molecule has 1 unspecified atom stereocenters. The maximum Gasteiger partial charge on any atom is 0.103 e. The number of hydrogen-bond donors (Lipinski definition) is 1. The van der Waals surface area contributed by atoms with Crippen LogP contribution in [0.4, 0.5) is 0 Å². The molecular formula is C12H19ClNO+. The van der Waals surface area contributed by atoms with Crippen LogP contribution in [0.15, 0.2) is 30.3 Å². The van der Waals surface area contributed by atoms with E-state index in [1.165, 1.54) is 10.5 Å². The zero-order valence-corrected chi connectivity index (χ0v) is 9.96. The second kappa shape index (κ2) is 7.69. The number of quaternary nitrogens is 1. The number of halogens is 1. The van der Waals surface area contributed by atoms with Crippen LogP contribution >= 0.6 is 11.6 Å². The van der Waals surface area contributed by atoms with Gasteiger partial charge in [0.15, 0.2) is 0 Å². The molecule has 0 amide bonds. The van der Waals surface area contributed by atoms with Gasteiger partial charge in [0.1, 0.15) is 13.1 Å². The highest BCUT2D eigenvalue weighted by Crippen LogP contribution is 1.95. The molecule has 1 rings (SSSR count). The van der Waals surface area contributed by atoms with Crippen molar-refractivity contribution in [3.05, 3.63) is 35.9 Å². The molecule has 0 saturated carbocycles. The van der Waals surface area contributed by atoms with Gasteiger partial charge in [0.25, 0.3) is 0 Å². The van der Waals surface area contributed by atoms with Crippen LogP contribution in [-0.2, 0) is 11.3 Å². The van der Waals surface area contributed by atoms with Crippen molar-refractivity contribution >= 4 is 11.6 Å². The highest BCUT2D eigenvalue weighted by atomic mass is 35.5. The minimum Gasteiger partial charge on any atom is -0.379 e. The van der Waals surface area contributed by atoms with Gasteiger partial charge in [-0.15, -0.1) is 11.6 Å². The molecule has 2 nitrogen and oxygen atoms in total. The lowest BCUT2D eigenvalue weighted by Gasteiger charge is -2.17. The van der Waals surface area contributed by atoms with Gasteiger partial charge in [-0.1, -0.05) is 30.3 Å². The number of benzene rings is 1. The molecule has 0 spiro atoms. The van der Waals surface area contributed by atoms with Gasteiger partial charge in [-0.2, -0.15) is 0 Å². The van der Waals surface area contributed by atoms with Gasteiger partial charge in [0.05, 0.1) is 19.0 Å². The zero-order chi connectivity index (χ0) is 10.9. The summed E-state index contributed by atoms with van der Waals surface area (Å²) >= 11 is 5.78. The van der Waals surface area contributed by atoms with E-state index in [0.717, 1.165) is 26.2 Å². The fraction of sp³-hybridized carbons (Fsp3) is 0.500. The van der Waals surface area contributed by atoms with Crippen LogP contribution in [-0.4, -0.2) is 32.7 Å². The summed E-state index contributed by atoms with van der Waals surface area (Å²) in [5, 5.41) is 0. The maximum absolute atomic E-state index is 5.78. The van der Waals surface area contributed by atoms with Crippen LogP contribution in [0.5, 0.6) is 0 Å². The molecule has 0 aliphatic carbocycles. The summed E-state index contributed by atoms with van der Waals surface area (Å²) < 4.78 is 5.09. The predicted octanol–water partition coefficient (Wildman–Crippen LogP) is 0.957. The lowest BCUT2D eigenvalue weighted by Crippen LogP contribution is -3.11. The Bertz CT molecular complexity index is 253. The van der Waals surface area contributed by atoms with E-state index in [9.17, 15) is 0 Å². The lowest BCUT2D eigenvalue weighted by molar-refractivity contribution is -0.911. The summed E-state index contributed by atoms with van der Waals surface area (Å²) in [5.74, 6) is 0.700. The molecule has 1 aromatic carbocycles. The smallest absolute Gasteiger partial charge is 0.103 e. The van der Waals surface area contributed by atoms with Gasteiger partial charge in [-0.25, -0.2) is 0 Å². The van der Waals surface area contributed by atoms with Gasteiger partial charge in [-0.05, 0) is 0 Å². The first-order valence-corrected chi connectivity index (χ1v) is 5.82. The van der Waals surface area contributed by atoms with Crippen molar-refractivity contribution in [3.8, 4) is 0 Å². The quantitative estimate of drug-likeness (QED) is 0.687. The predicted molar refractivity (Wildman–Crippen MR) is 63.4 cm³/mol. The standard InChI is InChI=1S/C12H18ClNO/c1-15-10-9-14(8-7-13)11-12-5-3-2-4-6-12/h2-6H,7-11H2,1H3/p+1. The fourth-order valence-electron chi connectivity index (χ4n) is 1.57. The third kappa shape index (κ3) is 5.17. The molecule has 0 fully saturated rings. The van der Waals surface area contributed by atoms with E-state index in [2.05, 4.69) is 24.3 Å². The van der Waals surface area contributed by atoms with E-state index in [1.807, 2.05) is 6.07 Å². The molecular weight excluding hydrogens is 210 g/mol. The van der Waals surface area contributed by atoms with Crippen LogP contribution < -0.4 is 4.90 Å². The van der Waals surface area contributed by atoms with Crippen LogP contribution in [0.2, 0.25) is 0 Å². The topological polar surface area (TPSA) is 13.7 Å². The average Bonchev–Trinajstić information content (AvgIpc) is 2.28. The van der Waals surface area contributed by atoms with Crippen molar-refractivity contribution in [1.29, 1.82) is 0 Å². The third-order valence-electron chi connectivity index (χ3n) is 2.40. The van der Waals surface area contributed by atoms with Gasteiger partial charge in [-0.3, -0.25) is 0 Å². The minimum atomic E-state index is 0.700. The van der Waals surface area contributed by atoms with Crippen molar-refractivity contribution in [2.24, 2.45) is 0 Å². The molecule has 0 bridgehead atoms. The SMILES string of the molecule is COCC[NH+](CCCl)Cc1ccccc1. The van der Waals surface area contributed by atoms with Gasteiger partial charge < -0.3 is 9.64 Å². The lowest BCUT2D eigenvalue weighted by atomic mass is 10.2. The molecule has 3 heteroatoms. The van der Waals surface area contributed by atoms with E-state index >= 15 is 0 Å². The second-order valence-corrected chi connectivity index (χ2v) is 3.97. The molecule has 15 heavy (non-hydrogen) atoms. The summed E-state index contributed by atoms with van der Waals surface area (Å²) in [6.45, 7) is 3.81. The number of nitrogens with one attached hydrogen (secondary N) is 1. The molecule has 0 aliphatic rings. The molecule has 0 radical (unpaired) electrons. The Labute approximate surface area is 96.8 Å². The average molecular weight is 229 g/mol. The molecule has 1 aromatic rings. The van der Waals surface area contributed by atoms with Gasteiger partial charge >= 0.3 is 0 Å². The Morgan fingerprint density at radius 2 is 1.93 bits per heavy atom. The molecule has 0 aliphatic heterocycles. The summed E-state index contributed by atoms with van der Waals surface area (Å²) in [4.78, 5) is 1.47. The van der Waals surface area contributed by atoms with E-state index in [4.69, 9.17) is 16.3 Å². The Morgan fingerprint density at radius 1 is 1.20 bits per heavy atom. The Morgan fingerprint density at radius 3 is 2.53 bits per heavy atom. The van der Waals surface area contributed by atoms with E-state index in [0.29, 0.717) is 5.88 Å². The highest BCUT2D eigenvalue weighted by Gasteiger charge is 2.07. The monoisotopic (exact) mass is 228 g/mol. The number of methoxy groups -OCH3 is 1. The largest absolute Gasteiger partial charge is 0.379 e. The summed E-state index contributed by atoms with van der Waals surface area (Å²) in [6, 6.07) is 10.5. The van der Waals surface area contributed by atoms with Crippen molar-refractivity contribution < 1.29 is 9.64 Å². The van der Waals surface area contributed by atoms with Crippen LogP contribution in [0, 0.1) is 0 Å². The van der Waals surface area contributed by atoms with E-state index in [-0.39, 0.29) is 0 Å². The normalized spacial score (nSPS) is 12.7. The van der Waals surface area contributed by atoms with Gasteiger partial charge in [0.2, 0.25) is 0 Å². The highest BCUT2D eigenvalue weighted by molar-refractivity contribution is 6.17. The van der Waals surface area contributed by atoms with Crippen LogP contribution in [0.1, 0.15) is 5.56 Å². The first-order valence-electron chi connectivity index (χ1n) is 5.29. The maximum atomic E-state index is 5.78. The number of rotatable bonds is 7. The summed E-state index contributed by atoms with van der Waals surface area (Å²) in [7, 11) is 1.74.